The molecular formula is C14H18BrNO3. The Kier molecular flexibility index (Phi) is 5.11. The zero-order valence-electron chi connectivity index (χ0n) is 11.3. The zero-order chi connectivity index (χ0) is 14.6. The summed E-state index contributed by atoms with van der Waals surface area (Å²) in [6.45, 7) is 5.43. The number of halogens is 1. The summed E-state index contributed by atoms with van der Waals surface area (Å²) in [6.07, 6.45) is 0.456. The second-order valence-corrected chi connectivity index (χ2v) is 5.63. The van der Waals surface area contributed by atoms with Gasteiger partial charge in [0.2, 0.25) is 0 Å². The maximum atomic E-state index is 12.1. The van der Waals surface area contributed by atoms with Crippen LogP contribution in [0.3, 0.4) is 0 Å². The highest BCUT2D eigenvalue weighted by molar-refractivity contribution is 9.10. The minimum absolute atomic E-state index is 0.109. The molecule has 0 aromatic heterocycles. The third-order valence-corrected chi connectivity index (χ3v) is 4.42. The topological polar surface area (TPSA) is 66.4 Å². The molecule has 0 saturated heterocycles. The highest BCUT2D eigenvalue weighted by atomic mass is 79.9. The Balaban J connectivity index is 2.81. The van der Waals surface area contributed by atoms with Gasteiger partial charge in [-0.1, -0.05) is 19.1 Å². The summed E-state index contributed by atoms with van der Waals surface area (Å²) in [5.74, 6) is -1.17. The summed E-state index contributed by atoms with van der Waals surface area (Å²) >= 11 is 3.37. The molecule has 5 heteroatoms. The molecule has 1 atom stereocenters. The van der Waals surface area contributed by atoms with Gasteiger partial charge in [-0.15, -0.1) is 0 Å². The van der Waals surface area contributed by atoms with Crippen molar-refractivity contribution in [3.05, 3.63) is 33.8 Å². The first-order valence-corrected chi connectivity index (χ1v) is 6.88. The molecule has 1 rings (SSSR count). The van der Waals surface area contributed by atoms with Crippen molar-refractivity contribution in [3.8, 4) is 0 Å². The van der Waals surface area contributed by atoms with Crippen LogP contribution in [0.2, 0.25) is 0 Å². The van der Waals surface area contributed by atoms with E-state index in [-0.39, 0.29) is 12.5 Å². The van der Waals surface area contributed by atoms with Crippen molar-refractivity contribution in [3.63, 3.8) is 0 Å². The molecule has 19 heavy (non-hydrogen) atoms. The predicted octanol–water partition coefficient (Wildman–Crippen LogP) is 2.99. The monoisotopic (exact) mass is 327 g/mol. The van der Waals surface area contributed by atoms with Crippen molar-refractivity contribution in [1.82, 2.24) is 5.32 Å². The summed E-state index contributed by atoms with van der Waals surface area (Å²) in [5, 5.41) is 11.8. The third-order valence-electron chi connectivity index (χ3n) is 3.37. The van der Waals surface area contributed by atoms with Gasteiger partial charge in [0.05, 0.1) is 11.0 Å². The van der Waals surface area contributed by atoms with E-state index in [9.17, 15) is 9.59 Å². The summed E-state index contributed by atoms with van der Waals surface area (Å²) < 4.78 is 0.737. The molecule has 0 spiro atoms. The van der Waals surface area contributed by atoms with Crippen LogP contribution in [0.15, 0.2) is 22.7 Å². The maximum absolute atomic E-state index is 12.1. The Morgan fingerprint density at radius 2 is 2.05 bits per heavy atom. The second kappa shape index (κ2) is 6.19. The largest absolute Gasteiger partial charge is 0.481 e. The predicted molar refractivity (Wildman–Crippen MR) is 77.2 cm³/mol. The average molecular weight is 328 g/mol. The SMILES string of the molecule is CCC(C)(CNC(=O)c1cccc(C)c1Br)C(=O)O. The van der Waals surface area contributed by atoms with E-state index >= 15 is 0 Å². The molecule has 0 bridgehead atoms. The Bertz CT molecular complexity index is 501. The van der Waals surface area contributed by atoms with Crippen molar-refractivity contribution >= 4 is 27.8 Å². The number of carboxylic acid groups (broad SMARTS) is 1. The van der Waals surface area contributed by atoms with Crippen LogP contribution in [-0.2, 0) is 4.79 Å². The lowest BCUT2D eigenvalue weighted by atomic mass is 9.87. The summed E-state index contributed by atoms with van der Waals surface area (Å²) in [7, 11) is 0. The van der Waals surface area contributed by atoms with Crippen molar-refractivity contribution in [2.75, 3.05) is 6.54 Å². The van der Waals surface area contributed by atoms with Crippen molar-refractivity contribution in [2.24, 2.45) is 5.41 Å². The van der Waals surface area contributed by atoms with Crippen LogP contribution in [0.5, 0.6) is 0 Å². The normalized spacial score (nSPS) is 13.7. The molecule has 104 valence electrons. The molecule has 1 aromatic rings. The number of carbonyl (C=O) groups excluding carboxylic acids is 1. The Labute approximate surface area is 121 Å². The number of nitrogens with one attached hydrogen (secondary N) is 1. The second-order valence-electron chi connectivity index (χ2n) is 4.84. The van der Waals surface area contributed by atoms with E-state index in [0.717, 1.165) is 10.0 Å². The summed E-state index contributed by atoms with van der Waals surface area (Å²) in [5.41, 5.74) is 0.541. The summed E-state index contributed by atoms with van der Waals surface area (Å²) in [4.78, 5) is 23.2. The standard InChI is InChI=1S/C14H18BrNO3/c1-4-14(3,13(18)19)8-16-12(17)10-7-5-6-9(2)11(10)15/h5-7H,4,8H2,1-3H3,(H,16,17)(H,18,19). The average Bonchev–Trinajstić information content (AvgIpc) is 2.38. The zero-order valence-corrected chi connectivity index (χ0v) is 12.9. The van der Waals surface area contributed by atoms with Crippen molar-refractivity contribution in [2.45, 2.75) is 27.2 Å². The molecule has 1 amide bonds. The fourth-order valence-corrected chi connectivity index (χ4v) is 1.99. The number of hydrogen-bond donors (Lipinski definition) is 2. The van der Waals surface area contributed by atoms with Gasteiger partial charge in [0.15, 0.2) is 0 Å². The van der Waals surface area contributed by atoms with E-state index in [4.69, 9.17) is 5.11 Å². The Hall–Kier alpha value is -1.36. The van der Waals surface area contributed by atoms with Crippen LogP contribution in [0.1, 0.15) is 36.2 Å². The molecule has 0 heterocycles. The highest BCUT2D eigenvalue weighted by Crippen LogP contribution is 2.23. The Morgan fingerprint density at radius 1 is 1.42 bits per heavy atom. The highest BCUT2D eigenvalue weighted by Gasteiger charge is 2.31. The molecule has 0 aliphatic heterocycles. The van der Waals surface area contributed by atoms with Gasteiger partial charge in [-0.25, -0.2) is 0 Å². The van der Waals surface area contributed by atoms with E-state index in [2.05, 4.69) is 21.2 Å². The first-order chi connectivity index (χ1) is 8.81. The molecule has 0 aliphatic carbocycles. The smallest absolute Gasteiger partial charge is 0.311 e. The molecule has 0 aliphatic rings. The molecule has 0 radical (unpaired) electrons. The molecular weight excluding hydrogens is 310 g/mol. The van der Waals surface area contributed by atoms with Gasteiger partial charge in [0.1, 0.15) is 0 Å². The molecule has 4 nitrogen and oxygen atoms in total. The number of aryl methyl sites for hydroxylation is 1. The van der Waals surface area contributed by atoms with Crippen LogP contribution in [-0.4, -0.2) is 23.5 Å². The number of carboxylic acids is 1. The third kappa shape index (κ3) is 3.56. The fourth-order valence-electron chi connectivity index (χ4n) is 1.55. The minimum Gasteiger partial charge on any atom is -0.481 e. The van der Waals surface area contributed by atoms with E-state index in [1.807, 2.05) is 13.0 Å². The Morgan fingerprint density at radius 3 is 2.58 bits per heavy atom. The van der Waals surface area contributed by atoms with E-state index in [1.165, 1.54) is 0 Å². The van der Waals surface area contributed by atoms with E-state index in [1.54, 1.807) is 26.0 Å². The molecule has 1 aromatic carbocycles. The van der Waals surface area contributed by atoms with Gasteiger partial charge in [-0.3, -0.25) is 9.59 Å². The van der Waals surface area contributed by atoms with Gasteiger partial charge in [0, 0.05) is 11.0 Å². The number of hydrogen-bond acceptors (Lipinski definition) is 2. The lowest BCUT2D eigenvalue weighted by Gasteiger charge is -2.23. The molecule has 0 saturated carbocycles. The van der Waals surface area contributed by atoms with E-state index < -0.39 is 11.4 Å². The minimum atomic E-state index is -0.939. The first kappa shape index (κ1) is 15.7. The van der Waals surface area contributed by atoms with Gasteiger partial charge in [-0.2, -0.15) is 0 Å². The fraction of sp³-hybridized carbons (Fsp3) is 0.429. The van der Waals surface area contributed by atoms with Gasteiger partial charge >= 0.3 is 5.97 Å². The lowest BCUT2D eigenvalue weighted by molar-refractivity contribution is -0.147. The number of rotatable bonds is 5. The van der Waals surface area contributed by atoms with Gasteiger partial charge in [-0.05, 0) is 47.8 Å². The number of aliphatic carboxylic acids is 1. The van der Waals surface area contributed by atoms with Gasteiger partial charge in [0.25, 0.3) is 5.91 Å². The van der Waals surface area contributed by atoms with Crippen LogP contribution in [0, 0.1) is 12.3 Å². The summed E-state index contributed by atoms with van der Waals surface area (Å²) in [6, 6.07) is 5.40. The lowest BCUT2D eigenvalue weighted by Crippen LogP contribution is -2.40. The van der Waals surface area contributed by atoms with E-state index in [0.29, 0.717) is 12.0 Å². The molecule has 1 unspecified atom stereocenters. The number of carbonyl (C=O) groups is 2. The van der Waals surface area contributed by atoms with Crippen molar-refractivity contribution < 1.29 is 14.7 Å². The number of benzene rings is 1. The van der Waals surface area contributed by atoms with Crippen LogP contribution in [0.4, 0.5) is 0 Å². The first-order valence-electron chi connectivity index (χ1n) is 6.08. The molecule has 0 fully saturated rings. The maximum Gasteiger partial charge on any atom is 0.311 e. The van der Waals surface area contributed by atoms with Crippen molar-refractivity contribution in [1.29, 1.82) is 0 Å². The van der Waals surface area contributed by atoms with Crippen LogP contribution >= 0.6 is 15.9 Å². The quantitative estimate of drug-likeness (QED) is 0.873. The van der Waals surface area contributed by atoms with Gasteiger partial charge < -0.3 is 10.4 Å². The van der Waals surface area contributed by atoms with Crippen LogP contribution < -0.4 is 5.32 Å². The number of amides is 1. The van der Waals surface area contributed by atoms with Crippen LogP contribution in [0.25, 0.3) is 0 Å². The molecule has 2 N–H and O–H groups in total.